The van der Waals surface area contributed by atoms with E-state index in [1.807, 2.05) is 35.2 Å². The summed E-state index contributed by atoms with van der Waals surface area (Å²) in [6.07, 6.45) is 1.69. The molecule has 5 rings (SSSR count). The summed E-state index contributed by atoms with van der Waals surface area (Å²) in [5.74, 6) is 0.379. The van der Waals surface area contributed by atoms with Crippen LogP contribution < -0.4 is 4.90 Å². The number of aromatic nitrogens is 2. The van der Waals surface area contributed by atoms with Crippen LogP contribution in [0.1, 0.15) is 31.1 Å². The van der Waals surface area contributed by atoms with Gasteiger partial charge in [-0.25, -0.2) is 4.39 Å². The van der Waals surface area contributed by atoms with Crippen LogP contribution in [0.2, 0.25) is 0 Å². The Hall–Kier alpha value is -3.55. The summed E-state index contributed by atoms with van der Waals surface area (Å²) in [6, 6.07) is 15.4. The van der Waals surface area contributed by atoms with E-state index in [2.05, 4.69) is 10.2 Å². The molecule has 8 heteroatoms. The van der Waals surface area contributed by atoms with Gasteiger partial charge in [0.05, 0.1) is 5.92 Å². The standard InChI is InChI=1S/C24H23FN4O3/c25-19-8-6-16(7-9-19)22-26-27-23(32-22)17-10-12-28(13-11-17)24(31)18-14-21(30)29(15-18)20-4-2-1-3-5-20/h1-9,17-18H,10-15H2. The molecule has 2 aliphatic rings. The highest BCUT2D eigenvalue weighted by molar-refractivity contribution is 6.00. The van der Waals surface area contributed by atoms with Gasteiger partial charge >= 0.3 is 0 Å². The summed E-state index contributed by atoms with van der Waals surface area (Å²) >= 11 is 0. The summed E-state index contributed by atoms with van der Waals surface area (Å²) in [5.41, 5.74) is 1.51. The number of carbonyl (C=O) groups is 2. The van der Waals surface area contributed by atoms with E-state index in [9.17, 15) is 14.0 Å². The number of hydrogen-bond donors (Lipinski definition) is 0. The van der Waals surface area contributed by atoms with Gasteiger partial charge in [-0.1, -0.05) is 18.2 Å². The topological polar surface area (TPSA) is 79.5 Å². The van der Waals surface area contributed by atoms with Gasteiger partial charge in [0.15, 0.2) is 0 Å². The van der Waals surface area contributed by atoms with E-state index < -0.39 is 0 Å². The number of carbonyl (C=O) groups excluding carboxylic acids is 2. The van der Waals surface area contributed by atoms with Gasteiger partial charge in [-0.3, -0.25) is 9.59 Å². The number of anilines is 1. The Morgan fingerprint density at radius 2 is 1.72 bits per heavy atom. The first-order valence-electron chi connectivity index (χ1n) is 10.8. The van der Waals surface area contributed by atoms with Crippen molar-refractivity contribution in [2.24, 2.45) is 5.92 Å². The lowest BCUT2D eigenvalue weighted by atomic mass is 9.95. The van der Waals surface area contributed by atoms with E-state index in [0.29, 0.717) is 37.0 Å². The second-order valence-corrected chi connectivity index (χ2v) is 8.29. The van der Waals surface area contributed by atoms with Gasteiger partial charge in [0, 0.05) is 43.2 Å². The molecule has 0 aliphatic carbocycles. The van der Waals surface area contributed by atoms with Crippen LogP contribution in [0, 0.1) is 11.7 Å². The number of rotatable bonds is 4. The largest absolute Gasteiger partial charge is 0.420 e. The van der Waals surface area contributed by atoms with E-state index in [4.69, 9.17) is 4.42 Å². The van der Waals surface area contributed by atoms with Crippen molar-refractivity contribution < 1.29 is 18.4 Å². The Balaban J connectivity index is 1.19. The van der Waals surface area contributed by atoms with Gasteiger partial charge in [-0.2, -0.15) is 0 Å². The average molecular weight is 434 g/mol. The Morgan fingerprint density at radius 3 is 2.44 bits per heavy atom. The third-order valence-electron chi connectivity index (χ3n) is 6.23. The molecule has 0 bridgehead atoms. The molecule has 2 fully saturated rings. The fraction of sp³-hybridized carbons (Fsp3) is 0.333. The maximum atomic E-state index is 13.1. The zero-order valence-corrected chi connectivity index (χ0v) is 17.5. The molecule has 0 spiro atoms. The number of piperidine rings is 1. The quantitative estimate of drug-likeness (QED) is 0.627. The van der Waals surface area contributed by atoms with Crippen LogP contribution in [0.4, 0.5) is 10.1 Å². The van der Waals surface area contributed by atoms with E-state index in [1.54, 1.807) is 17.0 Å². The summed E-state index contributed by atoms with van der Waals surface area (Å²) in [6.45, 7) is 1.61. The molecule has 2 amide bonds. The minimum atomic E-state index is -0.318. The molecule has 164 valence electrons. The minimum absolute atomic E-state index is 0.0105. The molecular formula is C24H23FN4O3. The van der Waals surface area contributed by atoms with E-state index in [0.717, 1.165) is 18.5 Å². The van der Waals surface area contributed by atoms with E-state index in [-0.39, 0.29) is 35.9 Å². The smallest absolute Gasteiger partial charge is 0.247 e. The lowest BCUT2D eigenvalue weighted by Gasteiger charge is -2.32. The van der Waals surface area contributed by atoms with Gasteiger partial charge in [-0.15, -0.1) is 10.2 Å². The second-order valence-electron chi connectivity index (χ2n) is 8.29. The van der Waals surface area contributed by atoms with Crippen molar-refractivity contribution in [2.75, 3.05) is 24.5 Å². The highest BCUT2D eigenvalue weighted by Crippen LogP contribution is 2.32. The molecule has 0 N–H and O–H groups in total. The lowest BCUT2D eigenvalue weighted by Crippen LogP contribution is -2.42. The molecule has 2 saturated heterocycles. The Labute approximate surface area is 184 Å². The highest BCUT2D eigenvalue weighted by atomic mass is 19.1. The molecule has 2 aliphatic heterocycles. The lowest BCUT2D eigenvalue weighted by molar-refractivity contribution is -0.136. The molecule has 0 saturated carbocycles. The number of para-hydroxylation sites is 1. The molecule has 3 aromatic rings. The average Bonchev–Trinajstić information content (AvgIpc) is 3.47. The van der Waals surface area contributed by atoms with Gasteiger partial charge in [0.2, 0.25) is 23.6 Å². The molecule has 7 nitrogen and oxygen atoms in total. The number of halogens is 1. The van der Waals surface area contributed by atoms with Gasteiger partial charge in [-0.05, 0) is 49.2 Å². The first kappa shape index (κ1) is 20.4. The molecule has 0 radical (unpaired) electrons. The zero-order valence-electron chi connectivity index (χ0n) is 17.5. The predicted octanol–water partition coefficient (Wildman–Crippen LogP) is 3.63. The van der Waals surface area contributed by atoms with Crippen LogP contribution in [0.5, 0.6) is 0 Å². The maximum absolute atomic E-state index is 13.1. The second kappa shape index (κ2) is 8.53. The molecule has 2 aromatic carbocycles. The van der Waals surface area contributed by atoms with Crippen molar-refractivity contribution in [3.05, 3.63) is 66.3 Å². The Morgan fingerprint density at radius 1 is 1.00 bits per heavy atom. The van der Waals surface area contributed by atoms with Crippen LogP contribution in [0.15, 0.2) is 59.0 Å². The molecule has 1 unspecified atom stereocenters. The van der Waals surface area contributed by atoms with Crippen LogP contribution in [0.3, 0.4) is 0 Å². The van der Waals surface area contributed by atoms with Gasteiger partial charge < -0.3 is 14.2 Å². The SMILES string of the molecule is O=C(C1CC(=O)N(c2ccccc2)C1)N1CCC(c2nnc(-c3ccc(F)cc3)o2)CC1. The normalized spacial score (nSPS) is 19.5. The van der Waals surface area contributed by atoms with Crippen LogP contribution in [0.25, 0.3) is 11.5 Å². The fourth-order valence-corrected chi connectivity index (χ4v) is 4.44. The van der Waals surface area contributed by atoms with Crippen molar-refractivity contribution in [1.82, 2.24) is 15.1 Å². The molecule has 32 heavy (non-hydrogen) atoms. The summed E-state index contributed by atoms with van der Waals surface area (Å²) in [4.78, 5) is 29.0. The number of hydrogen-bond acceptors (Lipinski definition) is 5. The van der Waals surface area contributed by atoms with Crippen molar-refractivity contribution in [2.45, 2.75) is 25.2 Å². The number of nitrogens with zero attached hydrogens (tertiary/aromatic N) is 4. The summed E-state index contributed by atoms with van der Waals surface area (Å²) in [5, 5.41) is 8.27. The number of amides is 2. The Kier molecular flexibility index (Phi) is 5.43. The number of benzene rings is 2. The van der Waals surface area contributed by atoms with Crippen molar-refractivity contribution in [3.63, 3.8) is 0 Å². The van der Waals surface area contributed by atoms with Crippen LogP contribution in [-0.4, -0.2) is 46.5 Å². The van der Waals surface area contributed by atoms with Gasteiger partial charge in [0.25, 0.3) is 0 Å². The van der Waals surface area contributed by atoms with Gasteiger partial charge in [0.1, 0.15) is 5.82 Å². The third-order valence-corrected chi connectivity index (χ3v) is 6.23. The van der Waals surface area contributed by atoms with E-state index in [1.165, 1.54) is 12.1 Å². The molecule has 3 heterocycles. The van der Waals surface area contributed by atoms with Crippen molar-refractivity contribution >= 4 is 17.5 Å². The first-order valence-corrected chi connectivity index (χ1v) is 10.8. The molecule has 1 atom stereocenters. The van der Waals surface area contributed by atoms with Crippen LogP contribution in [-0.2, 0) is 9.59 Å². The first-order chi connectivity index (χ1) is 15.6. The maximum Gasteiger partial charge on any atom is 0.247 e. The zero-order chi connectivity index (χ0) is 22.1. The summed E-state index contributed by atoms with van der Waals surface area (Å²) in [7, 11) is 0. The van der Waals surface area contributed by atoms with E-state index >= 15 is 0 Å². The molecular weight excluding hydrogens is 411 g/mol. The Bertz CT molecular complexity index is 1110. The number of likely N-dealkylation sites (tertiary alicyclic amines) is 1. The van der Waals surface area contributed by atoms with Crippen LogP contribution >= 0.6 is 0 Å². The van der Waals surface area contributed by atoms with Crippen molar-refractivity contribution in [1.29, 1.82) is 0 Å². The predicted molar refractivity (Wildman–Crippen MR) is 115 cm³/mol. The van der Waals surface area contributed by atoms with Crippen molar-refractivity contribution in [3.8, 4) is 11.5 Å². The highest BCUT2D eigenvalue weighted by Gasteiger charge is 2.38. The fourth-order valence-electron chi connectivity index (χ4n) is 4.44. The monoisotopic (exact) mass is 434 g/mol. The molecule has 1 aromatic heterocycles. The minimum Gasteiger partial charge on any atom is -0.420 e. The third kappa shape index (κ3) is 4.00. The summed E-state index contributed by atoms with van der Waals surface area (Å²) < 4.78 is 18.9.